The van der Waals surface area contributed by atoms with Crippen molar-refractivity contribution in [2.75, 3.05) is 18.5 Å². The van der Waals surface area contributed by atoms with Crippen molar-refractivity contribution in [3.8, 4) is 5.75 Å². The second kappa shape index (κ2) is 9.41. The zero-order valence-electron chi connectivity index (χ0n) is 13.5. The quantitative estimate of drug-likeness (QED) is 0.315. The fourth-order valence-electron chi connectivity index (χ4n) is 2.13. The van der Waals surface area contributed by atoms with E-state index in [-0.39, 0.29) is 42.3 Å². The fraction of sp³-hybridized carbons (Fsp3) is 0.235. The minimum Gasteiger partial charge on any atom is -0.492 e. The first-order valence-corrected chi connectivity index (χ1v) is 7.17. The molecule has 7 heteroatoms. The minimum atomic E-state index is -0.943. The molecule has 0 atom stereocenters. The van der Waals surface area contributed by atoms with Crippen molar-refractivity contribution in [1.29, 1.82) is 0 Å². The molecule has 0 fully saturated rings. The number of nitrogens with one attached hydrogen (secondary N) is 1. The number of guanidine groups is 1. The van der Waals surface area contributed by atoms with E-state index < -0.39 is 11.6 Å². The van der Waals surface area contributed by atoms with Gasteiger partial charge in [-0.25, -0.2) is 13.8 Å². The Morgan fingerprint density at radius 2 is 1.75 bits per heavy atom. The molecule has 4 nitrogen and oxygen atoms in total. The standard InChI is InChI=1S/C17H19F2N3O.HI/c1-11-7-12(2)9-13(8-11)22-17(20)21-5-6-23-14-3-4-15(18)16(19)10-14;/h3-4,7-10H,5-6H2,1-2H3,(H3,20,21,22);1H. The molecule has 0 radical (unpaired) electrons. The molecule has 2 aromatic rings. The maximum absolute atomic E-state index is 13.0. The minimum absolute atomic E-state index is 0. The fourth-order valence-corrected chi connectivity index (χ4v) is 2.13. The van der Waals surface area contributed by atoms with Crippen LogP contribution in [-0.2, 0) is 0 Å². The van der Waals surface area contributed by atoms with Gasteiger partial charge < -0.3 is 15.8 Å². The van der Waals surface area contributed by atoms with Crippen LogP contribution in [0.15, 0.2) is 41.4 Å². The zero-order chi connectivity index (χ0) is 16.8. The summed E-state index contributed by atoms with van der Waals surface area (Å²) in [6, 6.07) is 9.37. The molecule has 0 unspecified atom stereocenters. The number of nitrogens with two attached hydrogens (primary N) is 1. The number of aryl methyl sites for hydroxylation is 2. The molecular formula is C17H20F2IN3O. The first-order valence-electron chi connectivity index (χ1n) is 7.17. The molecular weight excluding hydrogens is 427 g/mol. The summed E-state index contributed by atoms with van der Waals surface area (Å²) in [6.07, 6.45) is 0. The van der Waals surface area contributed by atoms with E-state index in [0.717, 1.165) is 28.9 Å². The largest absolute Gasteiger partial charge is 0.492 e. The Kier molecular flexibility index (Phi) is 7.90. The third-order valence-corrected chi connectivity index (χ3v) is 3.03. The summed E-state index contributed by atoms with van der Waals surface area (Å²) in [7, 11) is 0. The number of rotatable bonds is 5. The lowest BCUT2D eigenvalue weighted by atomic mass is 10.1. The molecule has 130 valence electrons. The first-order chi connectivity index (χ1) is 10.9. The van der Waals surface area contributed by atoms with E-state index in [0.29, 0.717) is 6.54 Å². The monoisotopic (exact) mass is 447 g/mol. The molecule has 2 aromatic carbocycles. The van der Waals surface area contributed by atoms with Crippen molar-refractivity contribution >= 4 is 35.6 Å². The molecule has 0 saturated heterocycles. The molecule has 0 aliphatic rings. The smallest absolute Gasteiger partial charge is 0.193 e. The normalized spacial score (nSPS) is 10.9. The van der Waals surface area contributed by atoms with Crippen LogP contribution < -0.4 is 15.8 Å². The molecule has 0 heterocycles. The Hall–Kier alpha value is -1.90. The molecule has 2 rings (SSSR count). The Balaban J connectivity index is 0.00000288. The Labute approximate surface area is 157 Å². The lowest BCUT2D eigenvalue weighted by Gasteiger charge is -2.08. The van der Waals surface area contributed by atoms with Crippen LogP contribution in [-0.4, -0.2) is 19.1 Å². The average molecular weight is 447 g/mol. The van der Waals surface area contributed by atoms with Crippen molar-refractivity contribution in [2.24, 2.45) is 10.7 Å². The van der Waals surface area contributed by atoms with Gasteiger partial charge in [0.25, 0.3) is 0 Å². The van der Waals surface area contributed by atoms with Gasteiger partial charge >= 0.3 is 0 Å². The molecule has 0 spiro atoms. The van der Waals surface area contributed by atoms with Crippen molar-refractivity contribution in [1.82, 2.24) is 0 Å². The number of benzene rings is 2. The Bertz CT molecular complexity index is 703. The number of halogens is 3. The molecule has 0 aliphatic heterocycles. The maximum atomic E-state index is 13.0. The van der Waals surface area contributed by atoms with Crippen LogP contribution in [0.25, 0.3) is 0 Å². The van der Waals surface area contributed by atoms with E-state index in [9.17, 15) is 8.78 Å². The second-order valence-electron chi connectivity index (χ2n) is 5.19. The summed E-state index contributed by atoms with van der Waals surface area (Å²) in [5.74, 6) is -1.33. The van der Waals surface area contributed by atoms with E-state index in [1.807, 2.05) is 26.0 Å². The van der Waals surface area contributed by atoms with Gasteiger partial charge in [-0.1, -0.05) is 6.07 Å². The maximum Gasteiger partial charge on any atom is 0.193 e. The molecule has 0 aliphatic carbocycles. The van der Waals surface area contributed by atoms with Gasteiger partial charge in [-0.2, -0.15) is 0 Å². The molecule has 24 heavy (non-hydrogen) atoms. The van der Waals surface area contributed by atoms with Crippen LogP contribution in [0.2, 0.25) is 0 Å². The molecule has 0 aromatic heterocycles. The van der Waals surface area contributed by atoms with E-state index in [2.05, 4.69) is 16.4 Å². The number of anilines is 1. The third-order valence-electron chi connectivity index (χ3n) is 3.03. The summed E-state index contributed by atoms with van der Waals surface area (Å²) < 4.78 is 31.1. The van der Waals surface area contributed by atoms with Gasteiger partial charge in [0.2, 0.25) is 0 Å². The Morgan fingerprint density at radius 3 is 2.38 bits per heavy atom. The lowest BCUT2D eigenvalue weighted by molar-refractivity contribution is 0.325. The van der Waals surface area contributed by atoms with Crippen LogP contribution in [0.4, 0.5) is 14.5 Å². The number of nitrogens with zero attached hydrogens (tertiary/aromatic N) is 1. The van der Waals surface area contributed by atoms with Crippen molar-refractivity contribution in [2.45, 2.75) is 13.8 Å². The van der Waals surface area contributed by atoms with E-state index in [1.165, 1.54) is 6.07 Å². The number of hydrogen-bond acceptors (Lipinski definition) is 2. The second-order valence-corrected chi connectivity index (χ2v) is 5.19. The van der Waals surface area contributed by atoms with Crippen LogP contribution in [0.3, 0.4) is 0 Å². The third kappa shape index (κ3) is 6.31. The Morgan fingerprint density at radius 1 is 1.08 bits per heavy atom. The lowest BCUT2D eigenvalue weighted by Crippen LogP contribution is -2.23. The van der Waals surface area contributed by atoms with Gasteiger partial charge in [0.15, 0.2) is 17.6 Å². The summed E-state index contributed by atoms with van der Waals surface area (Å²) >= 11 is 0. The van der Waals surface area contributed by atoms with Gasteiger partial charge in [0, 0.05) is 11.8 Å². The summed E-state index contributed by atoms with van der Waals surface area (Å²) in [6.45, 7) is 4.51. The first kappa shape index (κ1) is 20.1. The highest BCUT2D eigenvalue weighted by Gasteiger charge is 2.03. The van der Waals surface area contributed by atoms with Crippen LogP contribution in [0.1, 0.15) is 11.1 Å². The van der Waals surface area contributed by atoms with Crippen molar-refractivity contribution in [3.05, 3.63) is 59.2 Å². The van der Waals surface area contributed by atoms with Crippen LogP contribution in [0.5, 0.6) is 5.75 Å². The summed E-state index contributed by atoms with van der Waals surface area (Å²) in [4.78, 5) is 4.12. The van der Waals surface area contributed by atoms with Crippen molar-refractivity contribution in [3.63, 3.8) is 0 Å². The van der Waals surface area contributed by atoms with Crippen LogP contribution >= 0.6 is 24.0 Å². The topological polar surface area (TPSA) is 59.6 Å². The SMILES string of the molecule is Cc1cc(C)cc(NC(N)=NCCOc2ccc(F)c(F)c2)c1.I. The van der Waals surface area contributed by atoms with E-state index in [4.69, 9.17) is 10.5 Å². The highest BCUT2D eigenvalue weighted by molar-refractivity contribution is 14.0. The van der Waals surface area contributed by atoms with Crippen LogP contribution in [0, 0.1) is 25.5 Å². The van der Waals surface area contributed by atoms with Gasteiger partial charge in [0.1, 0.15) is 12.4 Å². The predicted octanol–water partition coefficient (Wildman–Crippen LogP) is 4.01. The number of ether oxygens (including phenoxy) is 1. The highest BCUT2D eigenvalue weighted by Crippen LogP contribution is 2.15. The van der Waals surface area contributed by atoms with Crippen molar-refractivity contribution < 1.29 is 13.5 Å². The van der Waals surface area contributed by atoms with Gasteiger partial charge in [-0.15, -0.1) is 24.0 Å². The summed E-state index contributed by atoms with van der Waals surface area (Å²) in [5, 5.41) is 3.00. The zero-order valence-corrected chi connectivity index (χ0v) is 15.8. The average Bonchev–Trinajstić information content (AvgIpc) is 2.46. The highest BCUT2D eigenvalue weighted by atomic mass is 127. The van der Waals surface area contributed by atoms with Gasteiger partial charge in [0.05, 0.1) is 6.54 Å². The molecule has 0 saturated carbocycles. The molecule has 0 bridgehead atoms. The number of hydrogen-bond donors (Lipinski definition) is 2. The summed E-state index contributed by atoms with van der Waals surface area (Å²) in [5.41, 5.74) is 8.92. The predicted molar refractivity (Wildman–Crippen MR) is 103 cm³/mol. The molecule has 0 amide bonds. The van der Waals surface area contributed by atoms with E-state index in [1.54, 1.807) is 0 Å². The molecule has 3 N–H and O–H groups in total. The van der Waals surface area contributed by atoms with Gasteiger partial charge in [-0.3, -0.25) is 0 Å². The number of aliphatic imine (C=N–C) groups is 1. The van der Waals surface area contributed by atoms with Gasteiger partial charge in [-0.05, 0) is 49.2 Å². The van der Waals surface area contributed by atoms with E-state index >= 15 is 0 Å².